The number of alkyl carbamates (subject to hydrolysis) is 1. The lowest BCUT2D eigenvalue weighted by atomic mass is 10.1. The fourth-order valence-corrected chi connectivity index (χ4v) is 6.28. The normalized spacial score (nSPS) is 18.7. The van der Waals surface area contributed by atoms with E-state index in [1.807, 2.05) is 20.8 Å². The van der Waals surface area contributed by atoms with Crippen LogP contribution in [0, 0.1) is 0 Å². The minimum Gasteiger partial charge on any atom is -0.444 e. The van der Waals surface area contributed by atoms with Crippen LogP contribution in [0.5, 0.6) is 0 Å². The predicted molar refractivity (Wildman–Crippen MR) is 221 cm³/mol. The molecule has 11 nitrogen and oxygen atoms in total. The molecule has 3 atom stereocenters. The number of likely N-dealkylation sites (tertiary alicyclic amines) is 3. The maximum absolute atomic E-state index is 12.4. The fourth-order valence-electron chi connectivity index (χ4n) is 5.91. The Kier molecular flexibility index (Phi) is 20.5. The standard InChI is InChI=1S/C15H17F3N2O.C12H20N2O3.C8H6BrF3.C7H12N2O/c1-2-14(21)20-8-7-13(10-20)19-9-11-3-5-12(6-4-11)15(16,17)18;1-5-10(15)14-7-6-9(8-14)13-11(16)17-12(2,3)4;9-5-6-1-3-7(4-2-6)8(10,11)12;1-2-7(10)9-4-3-6(8)5-9/h2-6,13,19H,1,7-10H2;5,9H,1,6-8H2,2-4H3,(H,13,16);1-4H,5H2;2,6H,1,3-5,8H2/t13-;9-;;6-/m11.1/s1. The highest BCUT2D eigenvalue weighted by Gasteiger charge is 2.31. The molecular weight excluding hydrogens is 862 g/mol. The summed E-state index contributed by atoms with van der Waals surface area (Å²) in [6, 6.07) is 10.5. The second-order valence-corrected chi connectivity index (χ2v) is 15.6. The van der Waals surface area contributed by atoms with Crippen LogP contribution in [0.2, 0.25) is 0 Å². The number of nitrogens with one attached hydrogen (secondary N) is 2. The molecule has 0 aliphatic carbocycles. The van der Waals surface area contributed by atoms with Crippen LogP contribution in [0.15, 0.2) is 86.5 Å². The highest BCUT2D eigenvalue weighted by Crippen LogP contribution is 2.30. The zero-order valence-corrected chi connectivity index (χ0v) is 35.7. The van der Waals surface area contributed by atoms with Crippen LogP contribution in [-0.4, -0.2) is 102 Å². The van der Waals surface area contributed by atoms with Gasteiger partial charge in [-0.15, -0.1) is 0 Å². The Bertz CT molecular complexity index is 1730. The molecule has 4 amide bonds. The number of nitrogens with two attached hydrogens (primary N) is 1. The third kappa shape index (κ3) is 18.7. The molecule has 2 aromatic carbocycles. The minimum atomic E-state index is -4.30. The van der Waals surface area contributed by atoms with E-state index in [1.165, 1.54) is 42.5 Å². The van der Waals surface area contributed by atoms with Crippen LogP contribution < -0.4 is 16.4 Å². The first-order chi connectivity index (χ1) is 28.0. The summed E-state index contributed by atoms with van der Waals surface area (Å²) in [6.07, 6.45) is -2.56. The van der Waals surface area contributed by atoms with Crippen LogP contribution >= 0.6 is 15.9 Å². The molecule has 0 bridgehead atoms. The average molecular weight is 918 g/mol. The average Bonchev–Trinajstić information content (AvgIpc) is 3.97. The number of benzene rings is 2. The molecule has 3 fully saturated rings. The molecule has 332 valence electrons. The summed E-state index contributed by atoms with van der Waals surface area (Å²) in [5.74, 6) is -0.194. The van der Waals surface area contributed by atoms with E-state index in [2.05, 4.69) is 46.3 Å². The molecule has 3 heterocycles. The van der Waals surface area contributed by atoms with Gasteiger partial charge in [0.25, 0.3) is 0 Å². The minimum absolute atomic E-state index is 0.00653. The lowest BCUT2D eigenvalue weighted by Crippen LogP contribution is -2.41. The van der Waals surface area contributed by atoms with E-state index >= 15 is 0 Å². The summed E-state index contributed by atoms with van der Waals surface area (Å²) in [7, 11) is 0. The Morgan fingerprint density at radius 2 is 1.10 bits per heavy atom. The van der Waals surface area contributed by atoms with Crippen LogP contribution in [0.1, 0.15) is 62.3 Å². The van der Waals surface area contributed by atoms with E-state index in [0.717, 1.165) is 61.2 Å². The topological polar surface area (TPSA) is 137 Å². The van der Waals surface area contributed by atoms with E-state index in [-0.39, 0.29) is 35.8 Å². The van der Waals surface area contributed by atoms with Crippen LogP contribution in [0.25, 0.3) is 0 Å². The van der Waals surface area contributed by atoms with Crippen molar-refractivity contribution in [1.29, 1.82) is 0 Å². The van der Waals surface area contributed by atoms with E-state index in [9.17, 15) is 45.5 Å². The van der Waals surface area contributed by atoms with Crippen molar-refractivity contribution in [1.82, 2.24) is 25.3 Å². The second-order valence-electron chi connectivity index (χ2n) is 15.0. The van der Waals surface area contributed by atoms with Gasteiger partial charge in [-0.1, -0.05) is 59.9 Å². The van der Waals surface area contributed by atoms with Crippen molar-refractivity contribution in [3.8, 4) is 0 Å². The highest BCUT2D eigenvalue weighted by atomic mass is 79.9. The van der Waals surface area contributed by atoms with Crippen molar-refractivity contribution < 1.29 is 50.3 Å². The van der Waals surface area contributed by atoms with E-state index in [1.54, 1.807) is 14.7 Å². The smallest absolute Gasteiger partial charge is 0.416 e. The van der Waals surface area contributed by atoms with Crippen molar-refractivity contribution in [2.24, 2.45) is 5.73 Å². The molecule has 2 aromatic rings. The summed E-state index contributed by atoms with van der Waals surface area (Å²) < 4.78 is 78.5. The number of alkyl halides is 7. The number of halogens is 7. The van der Waals surface area contributed by atoms with Crippen molar-refractivity contribution in [2.75, 3.05) is 39.3 Å². The molecule has 3 aliphatic heterocycles. The quantitative estimate of drug-likeness (QED) is 0.145. The van der Waals surface area contributed by atoms with Crippen molar-refractivity contribution in [3.63, 3.8) is 0 Å². The Hall–Kier alpha value is -4.68. The molecule has 0 aromatic heterocycles. The second kappa shape index (κ2) is 23.9. The summed E-state index contributed by atoms with van der Waals surface area (Å²) >= 11 is 3.15. The van der Waals surface area contributed by atoms with Gasteiger partial charge in [-0.3, -0.25) is 14.4 Å². The number of rotatable bonds is 8. The van der Waals surface area contributed by atoms with Gasteiger partial charge in [0.2, 0.25) is 17.7 Å². The van der Waals surface area contributed by atoms with Gasteiger partial charge in [-0.05, 0) is 93.7 Å². The summed E-state index contributed by atoms with van der Waals surface area (Å²) in [4.78, 5) is 50.3. The molecule has 0 spiro atoms. The number of nitrogens with zero attached hydrogens (tertiary/aromatic N) is 3. The molecule has 0 radical (unpaired) electrons. The lowest BCUT2D eigenvalue weighted by molar-refractivity contribution is -0.138. The molecule has 18 heteroatoms. The molecule has 0 unspecified atom stereocenters. The molecule has 0 saturated carbocycles. The zero-order valence-electron chi connectivity index (χ0n) is 34.1. The summed E-state index contributed by atoms with van der Waals surface area (Å²) in [5, 5.41) is 6.59. The molecule has 3 aliphatic rings. The van der Waals surface area contributed by atoms with Gasteiger partial charge < -0.3 is 35.8 Å². The Balaban J connectivity index is 0.000000287. The number of hydrogen-bond donors (Lipinski definition) is 3. The zero-order chi connectivity index (χ0) is 45.3. The summed E-state index contributed by atoms with van der Waals surface area (Å²) in [6.45, 7) is 20.1. The van der Waals surface area contributed by atoms with Crippen molar-refractivity contribution in [2.45, 2.75) is 88.0 Å². The molecular formula is C42H55BrF6N6O5. The van der Waals surface area contributed by atoms with Gasteiger partial charge in [0, 0.05) is 63.2 Å². The maximum Gasteiger partial charge on any atom is 0.416 e. The van der Waals surface area contributed by atoms with Crippen LogP contribution in [0.3, 0.4) is 0 Å². The first kappa shape index (κ1) is 51.5. The Morgan fingerprint density at radius 1 is 0.700 bits per heavy atom. The number of carbonyl (C=O) groups excluding carboxylic acids is 4. The van der Waals surface area contributed by atoms with Crippen molar-refractivity contribution in [3.05, 3.63) is 109 Å². The summed E-state index contributed by atoms with van der Waals surface area (Å²) in [5.41, 5.74) is 5.47. The molecule has 3 saturated heterocycles. The SMILES string of the molecule is C=CC(=O)N1CC[C@@H](N)C1.C=CC(=O)N1CC[C@@H](NC(=O)OC(C)(C)C)C1.C=CC(=O)N1CC[C@@H](NCc2ccc(C(F)(F)F)cc2)C1.FC(F)(F)c1ccc(CBr)cc1. The van der Waals surface area contributed by atoms with Gasteiger partial charge in [-0.2, -0.15) is 26.3 Å². The fraction of sp³-hybridized carbons (Fsp3) is 0.476. The molecule has 60 heavy (non-hydrogen) atoms. The van der Waals surface area contributed by atoms with E-state index in [4.69, 9.17) is 10.5 Å². The number of hydrogen-bond acceptors (Lipinski definition) is 7. The first-order valence-electron chi connectivity index (χ1n) is 19.1. The Morgan fingerprint density at radius 3 is 1.48 bits per heavy atom. The highest BCUT2D eigenvalue weighted by molar-refractivity contribution is 9.08. The monoisotopic (exact) mass is 916 g/mol. The molecule has 5 rings (SSSR count). The largest absolute Gasteiger partial charge is 0.444 e. The van der Waals surface area contributed by atoms with Gasteiger partial charge in [0.05, 0.1) is 17.2 Å². The van der Waals surface area contributed by atoms with E-state index in [0.29, 0.717) is 44.6 Å². The van der Waals surface area contributed by atoms with Crippen molar-refractivity contribution >= 4 is 39.7 Å². The number of amides is 4. The first-order valence-corrected chi connectivity index (χ1v) is 20.2. The Labute approximate surface area is 356 Å². The van der Waals surface area contributed by atoms with Crippen LogP contribution in [0.4, 0.5) is 31.1 Å². The van der Waals surface area contributed by atoms with Gasteiger partial charge in [-0.25, -0.2) is 4.79 Å². The lowest BCUT2D eigenvalue weighted by Gasteiger charge is -2.21. The number of ether oxygens (including phenoxy) is 1. The third-order valence-electron chi connectivity index (χ3n) is 9.09. The van der Waals surface area contributed by atoms with Gasteiger partial charge >= 0.3 is 18.4 Å². The number of carbonyl (C=O) groups is 4. The maximum atomic E-state index is 12.4. The van der Waals surface area contributed by atoms with E-state index < -0.39 is 35.2 Å². The molecule has 4 N–H and O–H groups in total. The van der Waals surface area contributed by atoms with Gasteiger partial charge in [0.1, 0.15) is 5.60 Å². The third-order valence-corrected chi connectivity index (χ3v) is 9.74. The van der Waals surface area contributed by atoms with Crippen LogP contribution in [-0.2, 0) is 43.3 Å². The predicted octanol–water partition coefficient (Wildman–Crippen LogP) is 7.21. The van der Waals surface area contributed by atoms with Gasteiger partial charge in [0.15, 0.2) is 0 Å².